The second-order valence-corrected chi connectivity index (χ2v) is 5.53. The smallest absolute Gasteiger partial charge is 0.306 e. The Labute approximate surface area is 104 Å². The Morgan fingerprint density at radius 3 is 2.75 bits per heavy atom. The number of aromatic nitrogens is 2. The standard InChI is InChI=1S/C11H17BrN2O2/c1-11(2,3)16-10(15)5-4-6-14-8-9(12)7-13-14/h7-8H,4-6H2,1-3H3. The molecule has 0 aliphatic heterocycles. The van der Waals surface area contributed by atoms with E-state index < -0.39 is 5.60 Å². The summed E-state index contributed by atoms with van der Waals surface area (Å²) < 4.78 is 7.95. The van der Waals surface area contributed by atoms with E-state index in [1.165, 1.54) is 0 Å². The zero-order valence-corrected chi connectivity index (χ0v) is 11.5. The molecule has 0 bridgehead atoms. The van der Waals surface area contributed by atoms with Gasteiger partial charge in [0, 0.05) is 19.2 Å². The van der Waals surface area contributed by atoms with Crippen molar-refractivity contribution in [2.75, 3.05) is 0 Å². The highest BCUT2D eigenvalue weighted by molar-refractivity contribution is 9.10. The number of aryl methyl sites for hydroxylation is 1. The third-order valence-corrected chi connectivity index (χ3v) is 2.20. The number of esters is 1. The summed E-state index contributed by atoms with van der Waals surface area (Å²) in [5.74, 6) is -0.154. The van der Waals surface area contributed by atoms with Crippen LogP contribution in [0.1, 0.15) is 33.6 Å². The molecular formula is C11H17BrN2O2. The van der Waals surface area contributed by atoms with Crippen LogP contribution in [0, 0.1) is 0 Å². The predicted molar refractivity (Wildman–Crippen MR) is 65.0 cm³/mol. The number of nitrogens with zero attached hydrogens (tertiary/aromatic N) is 2. The van der Waals surface area contributed by atoms with Gasteiger partial charge in [-0.25, -0.2) is 0 Å². The first kappa shape index (κ1) is 13.2. The first-order chi connectivity index (χ1) is 7.37. The molecule has 16 heavy (non-hydrogen) atoms. The van der Waals surface area contributed by atoms with Gasteiger partial charge in [0.1, 0.15) is 5.60 Å². The van der Waals surface area contributed by atoms with Gasteiger partial charge in [-0.15, -0.1) is 0 Å². The molecule has 0 aliphatic rings. The molecule has 0 aliphatic carbocycles. The number of carbonyl (C=O) groups is 1. The monoisotopic (exact) mass is 288 g/mol. The van der Waals surface area contributed by atoms with Gasteiger partial charge in [-0.05, 0) is 43.1 Å². The van der Waals surface area contributed by atoms with Crippen molar-refractivity contribution in [3.63, 3.8) is 0 Å². The molecule has 0 unspecified atom stereocenters. The Kier molecular flexibility index (Phi) is 4.53. The second kappa shape index (κ2) is 5.48. The van der Waals surface area contributed by atoms with Crippen LogP contribution in [0.4, 0.5) is 0 Å². The van der Waals surface area contributed by atoms with Crippen LogP contribution in [0.5, 0.6) is 0 Å². The van der Waals surface area contributed by atoms with Gasteiger partial charge in [-0.1, -0.05) is 0 Å². The Morgan fingerprint density at radius 2 is 2.25 bits per heavy atom. The van der Waals surface area contributed by atoms with Crippen LogP contribution in [-0.2, 0) is 16.1 Å². The first-order valence-corrected chi connectivity index (χ1v) is 6.06. The zero-order chi connectivity index (χ0) is 12.2. The fraction of sp³-hybridized carbons (Fsp3) is 0.636. The van der Waals surface area contributed by atoms with Crippen molar-refractivity contribution in [1.29, 1.82) is 0 Å². The third-order valence-electron chi connectivity index (χ3n) is 1.79. The zero-order valence-electron chi connectivity index (χ0n) is 9.86. The summed E-state index contributed by atoms with van der Waals surface area (Å²) in [6, 6.07) is 0. The van der Waals surface area contributed by atoms with Crippen LogP contribution in [0.15, 0.2) is 16.9 Å². The Balaban J connectivity index is 2.23. The van der Waals surface area contributed by atoms with E-state index in [9.17, 15) is 4.79 Å². The van der Waals surface area contributed by atoms with E-state index in [-0.39, 0.29) is 5.97 Å². The van der Waals surface area contributed by atoms with Crippen molar-refractivity contribution in [1.82, 2.24) is 9.78 Å². The molecule has 0 saturated heterocycles. The number of rotatable bonds is 4. The maximum atomic E-state index is 11.4. The molecule has 5 heteroatoms. The SMILES string of the molecule is CC(C)(C)OC(=O)CCCn1cc(Br)cn1. The van der Waals surface area contributed by atoms with Crippen molar-refractivity contribution in [3.05, 3.63) is 16.9 Å². The summed E-state index contributed by atoms with van der Waals surface area (Å²) in [6.45, 7) is 6.34. The average Bonchev–Trinajstić information content (AvgIpc) is 2.48. The Hall–Kier alpha value is -0.840. The van der Waals surface area contributed by atoms with Gasteiger partial charge in [-0.2, -0.15) is 5.10 Å². The molecule has 0 aromatic carbocycles. The van der Waals surface area contributed by atoms with E-state index in [1.807, 2.05) is 27.0 Å². The van der Waals surface area contributed by atoms with Crippen LogP contribution in [0.3, 0.4) is 0 Å². The minimum absolute atomic E-state index is 0.154. The topological polar surface area (TPSA) is 44.1 Å². The van der Waals surface area contributed by atoms with E-state index in [2.05, 4.69) is 21.0 Å². The normalized spacial score (nSPS) is 11.5. The fourth-order valence-corrected chi connectivity index (χ4v) is 1.57. The first-order valence-electron chi connectivity index (χ1n) is 5.26. The van der Waals surface area contributed by atoms with Gasteiger partial charge >= 0.3 is 5.97 Å². The molecule has 0 saturated carbocycles. The number of carbonyl (C=O) groups excluding carboxylic acids is 1. The number of hydrogen-bond acceptors (Lipinski definition) is 3. The van der Waals surface area contributed by atoms with Gasteiger partial charge in [0.25, 0.3) is 0 Å². The van der Waals surface area contributed by atoms with Gasteiger partial charge in [0.05, 0.1) is 10.7 Å². The molecule has 1 aromatic heterocycles. The average molecular weight is 289 g/mol. The molecule has 0 amide bonds. The maximum absolute atomic E-state index is 11.4. The predicted octanol–water partition coefficient (Wildman–Crippen LogP) is 2.77. The molecule has 4 nitrogen and oxygen atoms in total. The molecule has 1 rings (SSSR count). The van der Waals surface area contributed by atoms with E-state index >= 15 is 0 Å². The second-order valence-electron chi connectivity index (χ2n) is 4.61. The molecule has 1 heterocycles. The molecule has 0 atom stereocenters. The molecule has 1 aromatic rings. The lowest BCUT2D eigenvalue weighted by Gasteiger charge is -2.19. The number of ether oxygens (including phenoxy) is 1. The Morgan fingerprint density at radius 1 is 1.56 bits per heavy atom. The maximum Gasteiger partial charge on any atom is 0.306 e. The molecule has 0 fully saturated rings. The summed E-state index contributed by atoms with van der Waals surface area (Å²) in [5.41, 5.74) is -0.397. The minimum atomic E-state index is -0.397. The lowest BCUT2D eigenvalue weighted by atomic mass is 10.2. The largest absolute Gasteiger partial charge is 0.460 e. The van der Waals surface area contributed by atoms with Crippen molar-refractivity contribution >= 4 is 21.9 Å². The van der Waals surface area contributed by atoms with Crippen molar-refractivity contribution < 1.29 is 9.53 Å². The van der Waals surface area contributed by atoms with Crippen molar-refractivity contribution in [2.24, 2.45) is 0 Å². The quantitative estimate of drug-likeness (QED) is 0.801. The molecular weight excluding hydrogens is 272 g/mol. The van der Waals surface area contributed by atoms with Crippen LogP contribution in [-0.4, -0.2) is 21.4 Å². The Bertz CT molecular complexity index is 355. The van der Waals surface area contributed by atoms with Crippen LogP contribution in [0.2, 0.25) is 0 Å². The summed E-state index contributed by atoms with van der Waals surface area (Å²) in [5, 5.41) is 4.10. The lowest BCUT2D eigenvalue weighted by Crippen LogP contribution is -2.23. The van der Waals surface area contributed by atoms with Crippen molar-refractivity contribution in [2.45, 2.75) is 45.8 Å². The molecule has 0 N–H and O–H groups in total. The summed E-state index contributed by atoms with van der Waals surface area (Å²) in [7, 11) is 0. The lowest BCUT2D eigenvalue weighted by molar-refractivity contribution is -0.154. The van der Waals surface area contributed by atoms with Gasteiger partial charge in [0.2, 0.25) is 0 Å². The van der Waals surface area contributed by atoms with E-state index in [4.69, 9.17) is 4.74 Å². The van der Waals surface area contributed by atoms with E-state index in [0.29, 0.717) is 6.42 Å². The summed E-state index contributed by atoms with van der Waals surface area (Å²) >= 11 is 3.32. The van der Waals surface area contributed by atoms with Crippen molar-refractivity contribution in [3.8, 4) is 0 Å². The fourth-order valence-electron chi connectivity index (χ4n) is 1.24. The highest BCUT2D eigenvalue weighted by Crippen LogP contribution is 2.10. The van der Waals surface area contributed by atoms with Gasteiger partial charge in [-0.3, -0.25) is 9.48 Å². The highest BCUT2D eigenvalue weighted by atomic mass is 79.9. The number of hydrogen-bond donors (Lipinski definition) is 0. The summed E-state index contributed by atoms with van der Waals surface area (Å²) in [6.07, 6.45) is 4.78. The molecule has 90 valence electrons. The van der Waals surface area contributed by atoms with E-state index in [0.717, 1.165) is 17.4 Å². The molecule has 0 spiro atoms. The van der Waals surface area contributed by atoms with Crippen LogP contribution in [0.25, 0.3) is 0 Å². The van der Waals surface area contributed by atoms with Crippen LogP contribution < -0.4 is 0 Å². The third kappa shape index (κ3) is 5.30. The molecule has 0 radical (unpaired) electrons. The highest BCUT2D eigenvalue weighted by Gasteiger charge is 2.15. The number of halogens is 1. The van der Waals surface area contributed by atoms with Gasteiger partial charge in [0.15, 0.2) is 0 Å². The summed E-state index contributed by atoms with van der Waals surface area (Å²) in [4.78, 5) is 11.4. The van der Waals surface area contributed by atoms with E-state index in [1.54, 1.807) is 10.9 Å². The van der Waals surface area contributed by atoms with Crippen LogP contribution >= 0.6 is 15.9 Å². The van der Waals surface area contributed by atoms with Gasteiger partial charge < -0.3 is 4.74 Å². The minimum Gasteiger partial charge on any atom is -0.460 e.